The lowest BCUT2D eigenvalue weighted by molar-refractivity contribution is -0.107. The highest BCUT2D eigenvalue weighted by atomic mass is 35.5. The highest BCUT2D eigenvalue weighted by molar-refractivity contribution is 6.41. The average Bonchev–Trinajstić information content (AvgIpc) is 2.46. The predicted molar refractivity (Wildman–Crippen MR) is 80.8 cm³/mol. The summed E-state index contributed by atoms with van der Waals surface area (Å²) in [5.74, 6) is -0.249. The van der Waals surface area contributed by atoms with Crippen LogP contribution in [-0.4, -0.2) is 19.2 Å². The maximum absolute atomic E-state index is 12.4. The number of benzene rings is 2. The van der Waals surface area contributed by atoms with Crippen molar-refractivity contribution in [2.75, 3.05) is 11.9 Å². The van der Waals surface area contributed by atoms with Gasteiger partial charge in [-0.2, -0.15) is 0 Å². The molecule has 0 atom stereocenters. The average molecular weight is 308 g/mol. The van der Waals surface area contributed by atoms with Crippen LogP contribution in [0.25, 0.3) is 0 Å². The monoisotopic (exact) mass is 307 g/mol. The zero-order valence-electron chi connectivity index (χ0n) is 10.6. The molecule has 0 aliphatic carbocycles. The molecule has 0 saturated carbocycles. The zero-order chi connectivity index (χ0) is 14.7. The molecule has 0 radical (unpaired) electrons. The lowest BCUT2D eigenvalue weighted by Crippen LogP contribution is -2.13. The lowest BCUT2D eigenvalue weighted by atomic mass is 10.0. The molecule has 2 aromatic rings. The highest BCUT2D eigenvalue weighted by Gasteiger charge is 2.16. The molecule has 0 saturated heterocycles. The van der Waals surface area contributed by atoms with Crippen molar-refractivity contribution in [3.8, 4) is 0 Å². The smallest absolute Gasteiger partial charge is 0.213 e. The van der Waals surface area contributed by atoms with Crippen molar-refractivity contribution >= 4 is 41.1 Å². The van der Waals surface area contributed by atoms with Crippen LogP contribution in [0.4, 0.5) is 5.69 Å². The minimum atomic E-state index is -0.249. The number of nitrogens with zero attached hydrogens (tertiary/aromatic N) is 1. The summed E-state index contributed by atoms with van der Waals surface area (Å²) in [6.07, 6.45) is 0.696. The van der Waals surface area contributed by atoms with E-state index < -0.39 is 0 Å². The number of rotatable bonds is 4. The number of anilines is 1. The minimum absolute atomic E-state index is 0.249. The molecule has 20 heavy (non-hydrogen) atoms. The third-order valence-corrected chi connectivity index (χ3v) is 3.51. The Balaban J connectivity index is 2.37. The van der Waals surface area contributed by atoms with E-state index in [1.54, 1.807) is 49.5 Å². The van der Waals surface area contributed by atoms with Gasteiger partial charge in [-0.25, -0.2) is 0 Å². The molecule has 0 heterocycles. The Morgan fingerprint density at radius 3 is 2.10 bits per heavy atom. The quantitative estimate of drug-likeness (QED) is 0.636. The Morgan fingerprint density at radius 1 is 1.05 bits per heavy atom. The normalized spacial score (nSPS) is 10.2. The van der Waals surface area contributed by atoms with Crippen molar-refractivity contribution in [1.82, 2.24) is 0 Å². The molecule has 3 nitrogen and oxygen atoms in total. The second-order valence-electron chi connectivity index (χ2n) is 4.19. The van der Waals surface area contributed by atoms with E-state index in [2.05, 4.69) is 0 Å². The molecule has 0 unspecified atom stereocenters. The summed E-state index contributed by atoms with van der Waals surface area (Å²) < 4.78 is 0. The van der Waals surface area contributed by atoms with Gasteiger partial charge in [-0.05, 0) is 36.4 Å². The van der Waals surface area contributed by atoms with Crippen molar-refractivity contribution in [2.24, 2.45) is 0 Å². The van der Waals surface area contributed by atoms with Gasteiger partial charge in [0.1, 0.15) is 0 Å². The van der Waals surface area contributed by atoms with Gasteiger partial charge in [0.2, 0.25) is 6.41 Å². The third-order valence-electron chi connectivity index (χ3n) is 2.88. The largest absolute Gasteiger partial charge is 0.318 e. The van der Waals surface area contributed by atoms with Crippen molar-refractivity contribution in [2.45, 2.75) is 0 Å². The third kappa shape index (κ3) is 2.84. The Hall–Kier alpha value is -1.84. The summed E-state index contributed by atoms with van der Waals surface area (Å²) in [4.78, 5) is 24.5. The fourth-order valence-electron chi connectivity index (χ4n) is 1.77. The Morgan fingerprint density at radius 2 is 1.60 bits per heavy atom. The van der Waals surface area contributed by atoms with Crippen LogP contribution in [-0.2, 0) is 4.79 Å². The zero-order valence-corrected chi connectivity index (χ0v) is 12.2. The molecule has 2 rings (SSSR count). The summed E-state index contributed by atoms with van der Waals surface area (Å²) in [6, 6.07) is 11.6. The standard InChI is InChI=1S/C15H11Cl2NO2/c1-18(9-19)11-7-5-10(6-8-11)15(20)14-12(16)3-2-4-13(14)17/h2-9H,1H3. The molecule has 102 valence electrons. The van der Waals surface area contributed by atoms with Gasteiger partial charge in [0.15, 0.2) is 5.78 Å². The van der Waals surface area contributed by atoms with Crippen molar-refractivity contribution in [1.29, 1.82) is 0 Å². The predicted octanol–water partition coefficient (Wildman–Crippen LogP) is 3.82. The summed E-state index contributed by atoms with van der Waals surface area (Å²) in [7, 11) is 1.63. The number of hydrogen-bond donors (Lipinski definition) is 0. The molecule has 0 bridgehead atoms. The fourth-order valence-corrected chi connectivity index (χ4v) is 2.34. The molecule has 0 spiro atoms. The van der Waals surface area contributed by atoms with Gasteiger partial charge in [-0.1, -0.05) is 29.3 Å². The molecule has 2 aromatic carbocycles. The van der Waals surface area contributed by atoms with E-state index in [1.165, 1.54) is 4.90 Å². The van der Waals surface area contributed by atoms with Crippen molar-refractivity contribution in [3.05, 3.63) is 63.6 Å². The summed E-state index contributed by atoms with van der Waals surface area (Å²) in [5.41, 5.74) is 1.44. The first-order valence-corrected chi connectivity index (χ1v) is 6.57. The number of carbonyl (C=O) groups excluding carboxylic acids is 2. The number of amides is 1. The lowest BCUT2D eigenvalue weighted by Gasteiger charge is -2.11. The summed E-state index contributed by atoms with van der Waals surface area (Å²) in [6.45, 7) is 0. The maximum Gasteiger partial charge on any atom is 0.213 e. The van der Waals surface area contributed by atoms with Gasteiger partial charge in [0.05, 0.1) is 15.6 Å². The maximum atomic E-state index is 12.4. The van der Waals surface area contributed by atoms with Crippen LogP contribution >= 0.6 is 23.2 Å². The van der Waals surface area contributed by atoms with E-state index in [1.807, 2.05) is 0 Å². The first kappa shape index (κ1) is 14.6. The fraction of sp³-hybridized carbons (Fsp3) is 0.0667. The highest BCUT2D eigenvalue weighted by Crippen LogP contribution is 2.27. The summed E-state index contributed by atoms with van der Waals surface area (Å²) in [5, 5.41) is 0.633. The molecule has 0 N–H and O–H groups in total. The van der Waals surface area contributed by atoms with Gasteiger partial charge in [-0.3, -0.25) is 9.59 Å². The van der Waals surface area contributed by atoms with E-state index in [9.17, 15) is 9.59 Å². The second kappa shape index (κ2) is 6.07. The first-order chi connectivity index (χ1) is 9.54. The van der Waals surface area contributed by atoms with Crippen LogP contribution in [0, 0.1) is 0 Å². The molecule has 0 aliphatic heterocycles. The van der Waals surface area contributed by atoms with E-state index in [4.69, 9.17) is 23.2 Å². The number of halogens is 2. The molecular weight excluding hydrogens is 297 g/mol. The van der Waals surface area contributed by atoms with Crippen LogP contribution in [0.1, 0.15) is 15.9 Å². The number of ketones is 1. The first-order valence-electron chi connectivity index (χ1n) is 5.81. The van der Waals surface area contributed by atoms with Crippen LogP contribution in [0.2, 0.25) is 10.0 Å². The van der Waals surface area contributed by atoms with Crippen LogP contribution < -0.4 is 4.90 Å². The number of hydrogen-bond acceptors (Lipinski definition) is 2. The SMILES string of the molecule is CN(C=O)c1ccc(C(=O)c2c(Cl)cccc2Cl)cc1. The van der Waals surface area contributed by atoms with E-state index in [0.717, 1.165) is 0 Å². The van der Waals surface area contributed by atoms with Crippen molar-refractivity contribution < 1.29 is 9.59 Å². The Labute approximate surface area is 126 Å². The minimum Gasteiger partial charge on any atom is -0.318 e. The van der Waals surface area contributed by atoms with Crippen LogP contribution in [0.3, 0.4) is 0 Å². The van der Waals surface area contributed by atoms with Gasteiger partial charge in [0, 0.05) is 18.3 Å². The molecular formula is C15H11Cl2NO2. The van der Waals surface area contributed by atoms with Crippen LogP contribution in [0.5, 0.6) is 0 Å². The van der Waals surface area contributed by atoms with E-state index in [0.29, 0.717) is 27.7 Å². The Bertz CT molecular complexity index is 633. The topological polar surface area (TPSA) is 37.4 Å². The summed E-state index contributed by atoms with van der Waals surface area (Å²) >= 11 is 12.0. The van der Waals surface area contributed by atoms with Crippen molar-refractivity contribution in [3.63, 3.8) is 0 Å². The number of carbonyl (C=O) groups is 2. The Kier molecular flexibility index (Phi) is 4.42. The van der Waals surface area contributed by atoms with Gasteiger partial charge >= 0.3 is 0 Å². The molecule has 0 aromatic heterocycles. The molecule has 1 amide bonds. The second-order valence-corrected chi connectivity index (χ2v) is 5.00. The van der Waals surface area contributed by atoms with Gasteiger partial charge in [-0.15, -0.1) is 0 Å². The van der Waals surface area contributed by atoms with E-state index >= 15 is 0 Å². The van der Waals surface area contributed by atoms with Crippen LogP contribution in [0.15, 0.2) is 42.5 Å². The molecule has 0 aliphatic rings. The van der Waals surface area contributed by atoms with Gasteiger partial charge in [0.25, 0.3) is 0 Å². The van der Waals surface area contributed by atoms with Gasteiger partial charge < -0.3 is 4.90 Å². The molecule has 5 heteroatoms. The molecule has 0 fully saturated rings. The van der Waals surface area contributed by atoms with E-state index in [-0.39, 0.29) is 11.3 Å².